The van der Waals surface area contributed by atoms with E-state index in [4.69, 9.17) is 0 Å². The predicted molar refractivity (Wildman–Crippen MR) is 47.9 cm³/mol. The second-order valence-electron chi connectivity index (χ2n) is 2.83. The van der Waals surface area contributed by atoms with E-state index in [-0.39, 0.29) is 11.7 Å². The molecule has 0 bridgehead atoms. The third kappa shape index (κ3) is 1.45. The van der Waals surface area contributed by atoms with Crippen molar-refractivity contribution in [1.82, 2.24) is 0 Å². The molecule has 0 saturated carbocycles. The molecule has 2 nitrogen and oxygen atoms in total. The Morgan fingerprint density at radius 3 is 2.85 bits per heavy atom. The van der Waals surface area contributed by atoms with Crippen LogP contribution in [0.1, 0.15) is 0 Å². The fourth-order valence-corrected chi connectivity index (χ4v) is 1.32. The molecular weight excluding hydrogens is 169 g/mol. The van der Waals surface area contributed by atoms with Gasteiger partial charge in [-0.2, -0.15) is 0 Å². The maximum Gasteiger partial charge on any atom is 0.251 e. The van der Waals surface area contributed by atoms with E-state index in [0.717, 1.165) is 0 Å². The molecule has 1 heterocycles. The molecule has 66 valence electrons. The lowest BCUT2D eigenvalue weighted by molar-refractivity contribution is -0.113. The Morgan fingerprint density at radius 1 is 1.38 bits per heavy atom. The van der Waals surface area contributed by atoms with E-state index in [0.29, 0.717) is 12.2 Å². The summed E-state index contributed by atoms with van der Waals surface area (Å²) in [6.07, 6.45) is 3.25. The van der Waals surface area contributed by atoms with Gasteiger partial charge in [0.05, 0.1) is 0 Å². The number of rotatable bonds is 1. The highest BCUT2D eigenvalue weighted by Gasteiger charge is 2.16. The van der Waals surface area contributed by atoms with Gasteiger partial charge in [-0.05, 0) is 18.2 Å². The highest BCUT2D eigenvalue weighted by molar-refractivity contribution is 6.04. The summed E-state index contributed by atoms with van der Waals surface area (Å²) in [6.45, 7) is 0.530. The highest BCUT2D eigenvalue weighted by Crippen LogP contribution is 2.18. The van der Waals surface area contributed by atoms with Crippen LogP contribution in [-0.4, -0.2) is 12.5 Å². The molecule has 0 fully saturated rings. The van der Waals surface area contributed by atoms with Gasteiger partial charge in [-0.3, -0.25) is 4.79 Å². The van der Waals surface area contributed by atoms with Crippen molar-refractivity contribution in [3.05, 3.63) is 42.2 Å². The summed E-state index contributed by atoms with van der Waals surface area (Å²) < 4.78 is 12.8. The second kappa shape index (κ2) is 3.01. The monoisotopic (exact) mass is 177 g/mol. The Kier molecular flexibility index (Phi) is 1.85. The zero-order valence-electron chi connectivity index (χ0n) is 6.90. The van der Waals surface area contributed by atoms with Gasteiger partial charge in [-0.15, -0.1) is 0 Å². The average Bonchev–Trinajstić information content (AvgIpc) is 2.51. The maximum atomic E-state index is 12.8. The molecule has 1 amide bonds. The van der Waals surface area contributed by atoms with Crippen molar-refractivity contribution in [3.8, 4) is 0 Å². The summed E-state index contributed by atoms with van der Waals surface area (Å²) in [5, 5.41) is 0. The van der Waals surface area contributed by atoms with Gasteiger partial charge >= 0.3 is 0 Å². The molecule has 1 aromatic rings. The van der Waals surface area contributed by atoms with Crippen LogP contribution in [0.5, 0.6) is 0 Å². The quantitative estimate of drug-likeness (QED) is 0.639. The van der Waals surface area contributed by atoms with Gasteiger partial charge in [0.1, 0.15) is 5.82 Å². The Balaban J connectivity index is 2.31. The maximum absolute atomic E-state index is 12.8. The van der Waals surface area contributed by atoms with Crippen LogP contribution in [0.15, 0.2) is 36.4 Å². The molecule has 0 radical (unpaired) electrons. The highest BCUT2D eigenvalue weighted by atomic mass is 19.1. The first-order valence-corrected chi connectivity index (χ1v) is 4.01. The molecule has 1 aliphatic heterocycles. The first-order valence-electron chi connectivity index (χ1n) is 4.01. The van der Waals surface area contributed by atoms with Crippen LogP contribution >= 0.6 is 0 Å². The van der Waals surface area contributed by atoms with Crippen LogP contribution in [0, 0.1) is 5.82 Å². The van der Waals surface area contributed by atoms with Crippen LogP contribution in [0.4, 0.5) is 10.1 Å². The molecule has 0 N–H and O–H groups in total. The van der Waals surface area contributed by atoms with Crippen molar-refractivity contribution in [1.29, 1.82) is 0 Å². The summed E-state index contributed by atoms with van der Waals surface area (Å²) >= 11 is 0. The smallest absolute Gasteiger partial charge is 0.251 e. The SMILES string of the molecule is O=C1C=CCN1c1cccc(F)c1. The van der Waals surface area contributed by atoms with Gasteiger partial charge in [0, 0.05) is 18.3 Å². The summed E-state index contributed by atoms with van der Waals surface area (Å²) in [4.78, 5) is 12.7. The molecule has 0 aliphatic carbocycles. The first-order chi connectivity index (χ1) is 6.27. The van der Waals surface area contributed by atoms with Crippen LogP contribution in [-0.2, 0) is 4.79 Å². The molecule has 0 spiro atoms. The third-order valence-corrected chi connectivity index (χ3v) is 1.93. The molecule has 0 saturated heterocycles. The number of anilines is 1. The Morgan fingerprint density at radius 2 is 2.23 bits per heavy atom. The van der Waals surface area contributed by atoms with Crippen molar-refractivity contribution in [2.75, 3.05) is 11.4 Å². The fraction of sp³-hybridized carbons (Fsp3) is 0.100. The number of benzene rings is 1. The largest absolute Gasteiger partial charge is 0.305 e. The van der Waals surface area contributed by atoms with Crippen LogP contribution in [0.25, 0.3) is 0 Å². The number of carbonyl (C=O) groups excluding carboxylic acids is 1. The Hall–Kier alpha value is -1.64. The van der Waals surface area contributed by atoms with Crippen LogP contribution < -0.4 is 4.90 Å². The normalized spacial score (nSPS) is 15.5. The number of hydrogen-bond donors (Lipinski definition) is 0. The lowest BCUT2D eigenvalue weighted by Crippen LogP contribution is -2.24. The molecule has 1 aromatic carbocycles. The lowest BCUT2D eigenvalue weighted by atomic mass is 10.3. The van der Waals surface area contributed by atoms with E-state index in [9.17, 15) is 9.18 Å². The molecule has 0 atom stereocenters. The summed E-state index contributed by atoms with van der Waals surface area (Å²) in [6, 6.07) is 6.02. The van der Waals surface area contributed by atoms with Gasteiger partial charge in [-0.1, -0.05) is 12.1 Å². The number of halogens is 1. The van der Waals surface area contributed by atoms with E-state index in [1.165, 1.54) is 23.1 Å². The van der Waals surface area contributed by atoms with Crippen molar-refractivity contribution >= 4 is 11.6 Å². The summed E-state index contributed by atoms with van der Waals surface area (Å²) in [7, 11) is 0. The number of nitrogens with zero attached hydrogens (tertiary/aromatic N) is 1. The Labute approximate surface area is 75.3 Å². The van der Waals surface area contributed by atoms with Crippen molar-refractivity contribution < 1.29 is 9.18 Å². The minimum atomic E-state index is -0.322. The zero-order valence-corrected chi connectivity index (χ0v) is 6.90. The molecule has 0 unspecified atom stereocenters. The molecular formula is C10H8FNO. The molecule has 3 heteroatoms. The van der Waals surface area contributed by atoms with E-state index >= 15 is 0 Å². The standard InChI is InChI=1S/C10H8FNO/c11-8-3-1-4-9(7-8)12-6-2-5-10(12)13/h1-5,7H,6H2. The van der Waals surface area contributed by atoms with Gasteiger partial charge in [0.15, 0.2) is 0 Å². The van der Waals surface area contributed by atoms with Gasteiger partial charge in [0.2, 0.25) is 0 Å². The fourth-order valence-electron chi connectivity index (χ4n) is 1.32. The van der Waals surface area contributed by atoms with Gasteiger partial charge in [-0.25, -0.2) is 4.39 Å². The van der Waals surface area contributed by atoms with Crippen molar-refractivity contribution in [2.45, 2.75) is 0 Å². The Bertz CT molecular complexity index is 373. The topological polar surface area (TPSA) is 20.3 Å². The van der Waals surface area contributed by atoms with Crippen LogP contribution in [0.3, 0.4) is 0 Å². The summed E-state index contributed by atoms with van der Waals surface area (Å²) in [5.74, 6) is -0.414. The van der Waals surface area contributed by atoms with Gasteiger partial charge < -0.3 is 4.90 Å². The number of hydrogen-bond acceptors (Lipinski definition) is 1. The lowest BCUT2D eigenvalue weighted by Gasteiger charge is -2.15. The van der Waals surface area contributed by atoms with E-state index in [2.05, 4.69) is 0 Å². The van der Waals surface area contributed by atoms with E-state index < -0.39 is 0 Å². The number of carbonyl (C=O) groups is 1. The molecule has 13 heavy (non-hydrogen) atoms. The number of amides is 1. The van der Waals surface area contributed by atoms with Crippen molar-refractivity contribution in [2.24, 2.45) is 0 Å². The van der Waals surface area contributed by atoms with Crippen LogP contribution in [0.2, 0.25) is 0 Å². The minimum absolute atomic E-state index is 0.0920. The van der Waals surface area contributed by atoms with E-state index in [1.807, 2.05) is 0 Å². The summed E-state index contributed by atoms with van der Waals surface area (Å²) in [5.41, 5.74) is 0.606. The van der Waals surface area contributed by atoms with Crippen molar-refractivity contribution in [3.63, 3.8) is 0 Å². The average molecular weight is 177 g/mol. The zero-order chi connectivity index (χ0) is 9.26. The minimum Gasteiger partial charge on any atom is -0.305 e. The third-order valence-electron chi connectivity index (χ3n) is 1.93. The molecule has 2 rings (SSSR count). The molecule has 1 aliphatic rings. The predicted octanol–water partition coefficient (Wildman–Crippen LogP) is 1.73. The molecule has 0 aromatic heterocycles. The second-order valence-corrected chi connectivity index (χ2v) is 2.83. The first kappa shape index (κ1) is 7.98. The van der Waals surface area contributed by atoms with E-state index in [1.54, 1.807) is 18.2 Å². The van der Waals surface area contributed by atoms with Gasteiger partial charge in [0.25, 0.3) is 5.91 Å².